The number of nitrogen functional groups attached to an aromatic ring is 1. The van der Waals surface area contributed by atoms with Gasteiger partial charge in [0, 0.05) is 38.6 Å². The van der Waals surface area contributed by atoms with Gasteiger partial charge < -0.3 is 10.7 Å². The standard InChI is InChI=1S/C18H11BrN6O/c19-12-6-10-13(8-3-5-22-17-11(8)7-23-25-17)14(20)18(26)24-15(10)9-2-1-4-21-16(9)12/h1-7H,20H2,(H,24,26)(H,22,23,25). The van der Waals surface area contributed by atoms with Crippen molar-refractivity contribution < 1.29 is 0 Å². The Labute approximate surface area is 154 Å². The number of nitrogens with one attached hydrogen (secondary N) is 2. The molecule has 0 radical (unpaired) electrons. The van der Waals surface area contributed by atoms with Gasteiger partial charge in [-0.3, -0.25) is 14.9 Å². The fraction of sp³-hybridized carbons (Fsp3) is 0. The first-order valence-electron chi connectivity index (χ1n) is 7.82. The Morgan fingerprint density at radius 2 is 1.96 bits per heavy atom. The Hall–Kier alpha value is -3.26. The Balaban J connectivity index is 2.04. The van der Waals surface area contributed by atoms with E-state index in [2.05, 4.69) is 41.1 Å². The van der Waals surface area contributed by atoms with E-state index in [0.717, 1.165) is 31.7 Å². The maximum atomic E-state index is 12.6. The molecule has 0 unspecified atom stereocenters. The van der Waals surface area contributed by atoms with Crippen molar-refractivity contribution in [3.8, 4) is 11.1 Å². The molecular formula is C18H11BrN6O. The third-order valence-electron chi connectivity index (χ3n) is 4.49. The number of pyridine rings is 3. The Bertz CT molecular complexity index is 1390. The summed E-state index contributed by atoms with van der Waals surface area (Å²) in [5.74, 6) is 0. The number of hydrogen-bond acceptors (Lipinski definition) is 5. The second-order valence-corrected chi connectivity index (χ2v) is 6.77. The van der Waals surface area contributed by atoms with Gasteiger partial charge in [-0.1, -0.05) is 0 Å². The SMILES string of the molecule is Nc1c(-c2ccnc3[nH]ncc23)c2cc(Br)c3ncccc3c2[nH]c1=O. The average Bonchev–Trinajstić information content (AvgIpc) is 3.13. The predicted octanol–water partition coefficient (Wildman–Crippen LogP) is 3.36. The largest absolute Gasteiger partial charge is 0.394 e. The molecule has 0 fully saturated rings. The summed E-state index contributed by atoms with van der Waals surface area (Å²) >= 11 is 3.58. The second kappa shape index (κ2) is 5.37. The van der Waals surface area contributed by atoms with Crippen LogP contribution in [0.3, 0.4) is 0 Å². The molecule has 7 nitrogen and oxygen atoms in total. The van der Waals surface area contributed by atoms with Gasteiger partial charge in [0.1, 0.15) is 5.69 Å². The van der Waals surface area contributed by atoms with Crippen LogP contribution in [0.25, 0.3) is 44.0 Å². The molecule has 1 aromatic carbocycles. The molecule has 0 aliphatic heterocycles. The third-order valence-corrected chi connectivity index (χ3v) is 5.09. The molecule has 4 aromatic heterocycles. The summed E-state index contributed by atoms with van der Waals surface area (Å²) in [4.78, 5) is 24.1. The lowest BCUT2D eigenvalue weighted by Crippen LogP contribution is -2.14. The molecule has 0 saturated heterocycles. The molecule has 0 atom stereocenters. The van der Waals surface area contributed by atoms with E-state index >= 15 is 0 Å². The van der Waals surface area contributed by atoms with Crippen molar-refractivity contribution in [2.45, 2.75) is 0 Å². The van der Waals surface area contributed by atoms with Crippen LogP contribution < -0.4 is 11.3 Å². The zero-order valence-corrected chi connectivity index (χ0v) is 14.8. The van der Waals surface area contributed by atoms with E-state index in [1.165, 1.54) is 0 Å². The van der Waals surface area contributed by atoms with Crippen molar-refractivity contribution in [1.29, 1.82) is 0 Å². The number of halogens is 1. The van der Waals surface area contributed by atoms with Crippen LogP contribution in [-0.4, -0.2) is 25.1 Å². The molecular weight excluding hydrogens is 396 g/mol. The smallest absolute Gasteiger partial charge is 0.272 e. The first-order valence-corrected chi connectivity index (χ1v) is 8.61. The van der Waals surface area contributed by atoms with Crippen LogP contribution in [0.5, 0.6) is 0 Å². The average molecular weight is 407 g/mol. The highest BCUT2D eigenvalue weighted by atomic mass is 79.9. The molecule has 126 valence electrons. The van der Waals surface area contributed by atoms with Crippen LogP contribution in [0.15, 0.2) is 52.1 Å². The zero-order chi connectivity index (χ0) is 17.8. The molecule has 0 amide bonds. The maximum absolute atomic E-state index is 12.6. The monoisotopic (exact) mass is 406 g/mol. The maximum Gasteiger partial charge on any atom is 0.272 e. The van der Waals surface area contributed by atoms with Gasteiger partial charge in [0.05, 0.1) is 17.2 Å². The molecule has 8 heteroatoms. The first-order chi connectivity index (χ1) is 12.6. The molecule has 5 rings (SSSR count). The van der Waals surface area contributed by atoms with E-state index in [0.29, 0.717) is 16.7 Å². The van der Waals surface area contributed by atoms with Crippen molar-refractivity contribution in [1.82, 2.24) is 25.1 Å². The number of aromatic amines is 2. The van der Waals surface area contributed by atoms with Gasteiger partial charge in [0.25, 0.3) is 5.56 Å². The van der Waals surface area contributed by atoms with E-state index in [1.54, 1.807) is 18.6 Å². The van der Waals surface area contributed by atoms with Crippen LogP contribution >= 0.6 is 15.9 Å². The number of nitrogens with two attached hydrogens (primary N) is 1. The van der Waals surface area contributed by atoms with Crippen molar-refractivity contribution >= 4 is 54.5 Å². The van der Waals surface area contributed by atoms with Gasteiger partial charge in [0.2, 0.25) is 0 Å². The Morgan fingerprint density at radius 3 is 2.85 bits per heavy atom. The van der Waals surface area contributed by atoms with E-state index in [4.69, 9.17) is 5.73 Å². The summed E-state index contributed by atoms with van der Waals surface area (Å²) in [6.07, 6.45) is 5.06. The Kier molecular flexibility index (Phi) is 3.10. The van der Waals surface area contributed by atoms with Crippen molar-refractivity contribution in [3.63, 3.8) is 0 Å². The zero-order valence-electron chi connectivity index (χ0n) is 13.2. The summed E-state index contributed by atoms with van der Waals surface area (Å²) in [6.45, 7) is 0. The van der Waals surface area contributed by atoms with Crippen molar-refractivity contribution in [2.75, 3.05) is 5.73 Å². The summed E-state index contributed by atoms with van der Waals surface area (Å²) < 4.78 is 0.825. The van der Waals surface area contributed by atoms with Crippen molar-refractivity contribution in [3.05, 3.63) is 57.7 Å². The number of fused-ring (bicyclic) bond motifs is 4. The molecule has 0 spiro atoms. The molecule has 0 bridgehead atoms. The molecule has 4 N–H and O–H groups in total. The molecule has 4 heterocycles. The molecule has 26 heavy (non-hydrogen) atoms. The number of rotatable bonds is 1. The molecule has 0 saturated carbocycles. The van der Waals surface area contributed by atoms with E-state index < -0.39 is 0 Å². The number of anilines is 1. The molecule has 0 aliphatic carbocycles. The fourth-order valence-corrected chi connectivity index (χ4v) is 3.89. The minimum Gasteiger partial charge on any atom is -0.394 e. The van der Waals surface area contributed by atoms with Crippen molar-refractivity contribution in [2.24, 2.45) is 0 Å². The van der Waals surface area contributed by atoms with Gasteiger partial charge >= 0.3 is 0 Å². The highest BCUT2D eigenvalue weighted by Crippen LogP contribution is 2.38. The quantitative estimate of drug-likeness (QED) is 0.369. The minimum atomic E-state index is -0.339. The summed E-state index contributed by atoms with van der Waals surface area (Å²) in [6, 6.07) is 7.52. The number of aromatic nitrogens is 5. The molecule has 0 aliphatic rings. The number of nitrogens with zero attached hydrogens (tertiary/aromatic N) is 3. The van der Waals surface area contributed by atoms with Crippen LogP contribution in [0, 0.1) is 0 Å². The lowest BCUT2D eigenvalue weighted by atomic mass is 9.97. The summed E-state index contributed by atoms with van der Waals surface area (Å²) in [5.41, 5.74) is 9.58. The normalized spacial score (nSPS) is 11.6. The van der Waals surface area contributed by atoms with Crippen LogP contribution in [0.4, 0.5) is 5.69 Å². The van der Waals surface area contributed by atoms with Crippen LogP contribution in [-0.2, 0) is 0 Å². The minimum absolute atomic E-state index is 0.154. The fourth-order valence-electron chi connectivity index (χ4n) is 3.34. The summed E-state index contributed by atoms with van der Waals surface area (Å²) in [5, 5.41) is 9.36. The number of H-pyrrole nitrogens is 2. The van der Waals surface area contributed by atoms with E-state index in [9.17, 15) is 4.79 Å². The number of benzene rings is 1. The highest BCUT2D eigenvalue weighted by molar-refractivity contribution is 9.10. The summed E-state index contributed by atoms with van der Waals surface area (Å²) in [7, 11) is 0. The van der Waals surface area contributed by atoms with Crippen LogP contribution in [0.2, 0.25) is 0 Å². The third kappa shape index (κ3) is 1.99. The lowest BCUT2D eigenvalue weighted by molar-refractivity contribution is 1.10. The van der Waals surface area contributed by atoms with Gasteiger partial charge in [-0.15, -0.1) is 0 Å². The first kappa shape index (κ1) is 15.0. The lowest BCUT2D eigenvalue weighted by Gasteiger charge is -2.13. The topological polar surface area (TPSA) is 113 Å². The predicted molar refractivity (Wildman–Crippen MR) is 105 cm³/mol. The van der Waals surface area contributed by atoms with Gasteiger partial charge in [-0.2, -0.15) is 5.10 Å². The molecule has 5 aromatic rings. The van der Waals surface area contributed by atoms with Gasteiger partial charge in [-0.05, 0) is 45.8 Å². The second-order valence-electron chi connectivity index (χ2n) is 5.91. The van der Waals surface area contributed by atoms with E-state index in [1.807, 2.05) is 24.3 Å². The Morgan fingerprint density at radius 1 is 1.08 bits per heavy atom. The number of hydrogen-bond donors (Lipinski definition) is 3. The van der Waals surface area contributed by atoms with Gasteiger partial charge in [0.15, 0.2) is 5.65 Å². The van der Waals surface area contributed by atoms with E-state index in [-0.39, 0.29) is 11.2 Å². The highest BCUT2D eigenvalue weighted by Gasteiger charge is 2.18. The van der Waals surface area contributed by atoms with Crippen LogP contribution in [0.1, 0.15) is 0 Å². The van der Waals surface area contributed by atoms with Gasteiger partial charge in [-0.25, -0.2) is 4.98 Å².